The molecule has 0 unspecified atom stereocenters. The van der Waals surface area contributed by atoms with Crippen molar-refractivity contribution in [2.75, 3.05) is 20.3 Å². The van der Waals surface area contributed by atoms with Crippen LogP contribution in [0.1, 0.15) is 25.7 Å². The summed E-state index contributed by atoms with van der Waals surface area (Å²) < 4.78 is 5.22. The molecule has 1 aliphatic heterocycles. The third kappa shape index (κ3) is 1.80. The van der Waals surface area contributed by atoms with Crippen LogP contribution in [-0.2, 0) is 14.3 Å². The van der Waals surface area contributed by atoms with E-state index in [9.17, 15) is 9.59 Å². The molecule has 2 rings (SSSR count). The predicted molar refractivity (Wildman–Crippen MR) is 55.9 cm³/mol. The van der Waals surface area contributed by atoms with E-state index in [1.807, 2.05) is 0 Å². The highest BCUT2D eigenvalue weighted by molar-refractivity contribution is 6.04. The van der Waals surface area contributed by atoms with Gasteiger partial charge in [0.1, 0.15) is 5.41 Å². The third-order valence-corrected chi connectivity index (χ3v) is 3.63. The number of carbonyl (C=O) groups is 2. The van der Waals surface area contributed by atoms with Gasteiger partial charge in [0.2, 0.25) is 5.91 Å². The second kappa shape index (κ2) is 4.05. The number of hydrogen-bond donors (Lipinski definition) is 1. The summed E-state index contributed by atoms with van der Waals surface area (Å²) in [6.07, 6.45) is 2.57. The zero-order valence-electron chi connectivity index (χ0n) is 9.44. The molecule has 0 aromatic carbocycles. The molecule has 0 aromatic rings. The van der Waals surface area contributed by atoms with Crippen LogP contribution in [0.25, 0.3) is 0 Å². The van der Waals surface area contributed by atoms with Gasteiger partial charge in [-0.25, -0.2) is 0 Å². The molecular weight excluding hydrogens is 210 g/mol. The van der Waals surface area contributed by atoms with Crippen molar-refractivity contribution in [2.45, 2.75) is 31.7 Å². The summed E-state index contributed by atoms with van der Waals surface area (Å²) in [4.78, 5) is 24.7. The van der Waals surface area contributed by atoms with Crippen LogP contribution in [0.4, 0.5) is 0 Å². The number of rotatable bonds is 3. The Bertz CT molecular complexity index is 305. The summed E-state index contributed by atoms with van der Waals surface area (Å²) in [5.74, 6) is -1.21. The van der Waals surface area contributed by atoms with Crippen molar-refractivity contribution in [2.24, 2.45) is 5.41 Å². The number of amides is 1. The number of carboxylic acids is 1. The summed E-state index contributed by atoms with van der Waals surface area (Å²) in [6.45, 7) is 1.31. The second-order valence-electron chi connectivity index (χ2n) is 4.65. The number of aliphatic carboxylic acids is 1. The van der Waals surface area contributed by atoms with Gasteiger partial charge < -0.3 is 14.7 Å². The Morgan fingerprint density at radius 1 is 1.31 bits per heavy atom. The Hall–Kier alpha value is -1.10. The standard InChI is InChI=1S/C11H17NO4/c1-12(8-2-6-16-7-3-8)9(13)11(4-5-11)10(14)15/h8H,2-7H2,1H3,(H,14,15). The smallest absolute Gasteiger partial charge is 0.319 e. The largest absolute Gasteiger partial charge is 0.480 e. The lowest BCUT2D eigenvalue weighted by atomic mass is 10.0. The SMILES string of the molecule is CN(C(=O)C1(C(=O)O)CC1)C1CCOCC1. The van der Waals surface area contributed by atoms with Gasteiger partial charge in [0.15, 0.2) is 0 Å². The van der Waals surface area contributed by atoms with Crippen LogP contribution in [0.15, 0.2) is 0 Å². The molecule has 0 spiro atoms. The fourth-order valence-electron chi connectivity index (χ4n) is 2.22. The minimum absolute atomic E-state index is 0.137. The topological polar surface area (TPSA) is 66.8 Å². The van der Waals surface area contributed by atoms with Crippen molar-refractivity contribution in [1.29, 1.82) is 0 Å². The van der Waals surface area contributed by atoms with Gasteiger partial charge in [0.25, 0.3) is 0 Å². The van der Waals surface area contributed by atoms with Gasteiger partial charge in [-0.3, -0.25) is 9.59 Å². The molecule has 5 heteroatoms. The molecule has 0 radical (unpaired) electrons. The molecule has 1 saturated carbocycles. The van der Waals surface area contributed by atoms with E-state index in [0.717, 1.165) is 12.8 Å². The number of hydrogen-bond acceptors (Lipinski definition) is 3. The first-order valence-corrected chi connectivity index (χ1v) is 5.66. The molecule has 5 nitrogen and oxygen atoms in total. The van der Waals surface area contributed by atoms with Crippen LogP contribution in [0, 0.1) is 5.41 Å². The third-order valence-electron chi connectivity index (χ3n) is 3.63. The van der Waals surface area contributed by atoms with E-state index >= 15 is 0 Å². The molecule has 0 bridgehead atoms. The summed E-state index contributed by atoms with van der Waals surface area (Å²) in [5, 5.41) is 9.05. The lowest BCUT2D eigenvalue weighted by molar-refractivity contribution is -0.154. The Kier molecular flexibility index (Phi) is 2.88. The van der Waals surface area contributed by atoms with Crippen LogP contribution in [-0.4, -0.2) is 48.2 Å². The second-order valence-corrected chi connectivity index (χ2v) is 4.65. The zero-order chi connectivity index (χ0) is 11.8. The Morgan fingerprint density at radius 3 is 2.31 bits per heavy atom. The van der Waals surface area contributed by atoms with Gasteiger partial charge >= 0.3 is 5.97 Å². The summed E-state index contributed by atoms with van der Waals surface area (Å²) in [5.41, 5.74) is -1.10. The maximum absolute atomic E-state index is 12.1. The number of nitrogens with zero attached hydrogens (tertiary/aromatic N) is 1. The molecule has 2 fully saturated rings. The molecule has 90 valence electrons. The molecule has 1 saturated heterocycles. The Balaban J connectivity index is 2.01. The summed E-state index contributed by atoms with van der Waals surface area (Å²) in [7, 11) is 1.71. The minimum atomic E-state index is -1.10. The quantitative estimate of drug-likeness (QED) is 0.712. The monoisotopic (exact) mass is 227 g/mol. The van der Waals surface area contributed by atoms with Crippen molar-refractivity contribution < 1.29 is 19.4 Å². The Labute approximate surface area is 94.4 Å². The first kappa shape index (κ1) is 11.4. The molecule has 2 aliphatic rings. The predicted octanol–water partition coefficient (Wildman–Crippen LogP) is 0.489. The summed E-state index contributed by atoms with van der Waals surface area (Å²) in [6, 6.07) is 0.137. The number of carbonyl (C=O) groups excluding carboxylic acids is 1. The highest BCUT2D eigenvalue weighted by Crippen LogP contribution is 2.47. The van der Waals surface area contributed by atoms with E-state index < -0.39 is 11.4 Å². The van der Waals surface area contributed by atoms with E-state index in [0.29, 0.717) is 26.1 Å². The van der Waals surface area contributed by atoms with E-state index in [2.05, 4.69) is 0 Å². The van der Waals surface area contributed by atoms with Crippen molar-refractivity contribution in [3.05, 3.63) is 0 Å². The molecule has 1 amide bonds. The van der Waals surface area contributed by atoms with E-state index in [1.165, 1.54) is 0 Å². The van der Waals surface area contributed by atoms with Crippen molar-refractivity contribution in [1.82, 2.24) is 4.90 Å². The van der Waals surface area contributed by atoms with Crippen molar-refractivity contribution in [3.8, 4) is 0 Å². The molecular formula is C11H17NO4. The fraction of sp³-hybridized carbons (Fsp3) is 0.818. The van der Waals surface area contributed by atoms with Gasteiger partial charge in [-0.2, -0.15) is 0 Å². The molecule has 0 atom stereocenters. The van der Waals surface area contributed by atoms with Crippen LogP contribution in [0.5, 0.6) is 0 Å². The van der Waals surface area contributed by atoms with Gasteiger partial charge in [-0.15, -0.1) is 0 Å². The minimum Gasteiger partial charge on any atom is -0.480 e. The van der Waals surface area contributed by atoms with Crippen LogP contribution < -0.4 is 0 Å². The lowest BCUT2D eigenvalue weighted by Crippen LogP contribution is -2.46. The lowest BCUT2D eigenvalue weighted by Gasteiger charge is -2.32. The molecule has 1 aliphatic carbocycles. The van der Waals surface area contributed by atoms with E-state index in [1.54, 1.807) is 11.9 Å². The van der Waals surface area contributed by atoms with Crippen molar-refractivity contribution >= 4 is 11.9 Å². The fourth-order valence-corrected chi connectivity index (χ4v) is 2.22. The maximum Gasteiger partial charge on any atom is 0.319 e. The van der Waals surface area contributed by atoms with Gasteiger partial charge in [-0.1, -0.05) is 0 Å². The van der Waals surface area contributed by atoms with Gasteiger partial charge in [-0.05, 0) is 25.7 Å². The van der Waals surface area contributed by atoms with E-state index in [4.69, 9.17) is 9.84 Å². The average molecular weight is 227 g/mol. The maximum atomic E-state index is 12.1. The Morgan fingerprint density at radius 2 is 1.88 bits per heavy atom. The molecule has 1 heterocycles. The zero-order valence-corrected chi connectivity index (χ0v) is 9.44. The first-order chi connectivity index (χ1) is 7.58. The normalized spacial score (nSPS) is 23.8. The van der Waals surface area contributed by atoms with Gasteiger partial charge in [0.05, 0.1) is 0 Å². The van der Waals surface area contributed by atoms with Crippen LogP contribution >= 0.6 is 0 Å². The number of carboxylic acid groups (broad SMARTS) is 1. The highest BCUT2D eigenvalue weighted by Gasteiger charge is 2.58. The molecule has 0 aromatic heterocycles. The van der Waals surface area contributed by atoms with Crippen LogP contribution in [0.2, 0.25) is 0 Å². The highest BCUT2D eigenvalue weighted by atomic mass is 16.5. The van der Waals surface area contributed by atoms with E-state index in [-0.39, 0.29) is 11.9 Å². The van der Waals surface area contributed by atoms with Gasteiger partial charge in [0, 0.05) is 26.3 Å². The van der Waals surface area contributed by atoms with Crippen LogP contribution in [0.3, 0.4) is 0 Å². The summed E-state index contributed by atoms with van der Waals surface area (Å²) >= 11 is 0. The molecule has 1 N–H and O–H groups in total. The first-order valence-electron chi connectivity index (χ1n) is 5.66. The van der Waals surface area contributed by atoms with Crippen molar-refractivity contribution in [3.63, 3.8) is 0 Å². The molecule has 16 heavy (non-hydrogen) atoms. The number of ether oxygens (including phenoxy) is 1. The average Bonchev–Trinajstić information content (AvgIpc) is 3.09.